The minimum Gasteiger partial charge on any atom is -0.391 e. The van der Waals surface area contributed by atoms with E-state index in [9.17, 15) is 5.11 Å². The van der Waals surface area contributed by atoms with Gasteiger partial charge < -0.3 is 5.11 Å². The van der Waals surface area contributed by atoms with E-state index in [0.29, 0.717) is 4.47 Å². The molecule has 0 fully saturated rings. The molecule has 18 heavy (non-hydrogen) atoms. The zero-order valence-corrected chi connectivity index (χ0v) is 11.0. The number of fused-ring (bicyclic) bond motifs is 1. The van der Waals surface area contributed by atoms with Crippen LogP contribution in [0.25, 0.3) is 22.0 Å². The first-order valence-corrected chi connectivity index (χ1v) is 6.72. The monoisotopic (exact) mass is 275 g/mol. The molecular formula is C14H10ClNOS. The lowest BCUT2D eigenvalue weighted by molar-refractivity contribution is 0.286. The van der Waals surface area contributed by atoms with Gasteiger partial charge in [0.2, 0.25) is 0 Å². The van der Waals surface area contributed by atoms with Crippen LogP contribution in [0.2, 0.25) is 4.47 Å². The lowest BCUT2D eigenvalue weighted by atomic mass is 10.0. The first-order chi connectivity index (χ1) is 8.78. The van der Waals surface area contributed by atoms with Crippen LogP contribution in [0.1, 0.15) is 4.88 Å². The van der Waals surface area contributed by atoms with E-state index in [1.165, 1.54) is 16.7 Å². The molecule has 1 aromatic heterocycles. The van der Waals surface area contributed by atoms with E-state index in [-0.39, 0.29) is 6.61 Å². The fourth-order valence-electron chi connectivity index (χ4n) is 1.99. The molecule has 2 aromatic carbocycles. The first-order valence-electron chi connectivity index (χ1n) is 5.53. The number of halogens is 1. The number of hydrogen-bond donors (Lipinski definition) is 1. The normalized spacial score (nSPS) is 11.0. The summed E-state index contributed by atoms with van der Waals surface area (Å²) in [5.74, 6) is 0. The van der Waals surface area contributed by atoms with E-state index < -0.39 is 0 Å². The molecule has 0 aliphatic heterocycles. The molecule has 1 N–H and O–H groups in total. The van der Waals surface area contributed by atoms with Crippen molar-refractivity contribution in [3.8, 4) is 11.3 Å². The Labute approximate surface area is 113 Å². The molecule has 4 heteroatoms. The Morgan fingerprint density at radius 3 is 2.67 bits per heavy atom. The lowest BCUT2D eigenvalue weighted by Crippen LogP contribution is -1.85. The van der Waals surface area contributed by atoms with Crippen LogP contribution in [0.3, 0.4) is 0 Å². The van der Waals surface area contributed by atoms with Crippen LogP contribution in [-0.2, 0) is 6.61 Å². The fourth-order valence-corrected chi connectivity index (χ4v) is 3.02. The Morgan fingerprint density at radius 2 is 1.89 bits per heavy atom. The van der Waals surface area contributed by atoms with Gasteiger partial charge in [-0.05, 0) is 16.8 Å². The Kier molecular flexibility index (Phi) is 3.04. The molecule has 0 saturated heterocycles. The number of aliphatic hydroxyl groups is 1. The summed E-state index contributed by atoms with van der Waals surface area (Å²) in [5, 5.41) is 11.7. The smallest absolute Gasteiger partial charge is 0.184 e. The van der Waals surface area contributed by atoms with Crippen molar-refractivity contribution in [1.29, 1.82) is 0 Å². The maximum absolute atomic E-state index is 9.32. The largest absolute Gasteiger partial charge is 0.391 e. The number of rotatable bonds is 2. The fraction of sp³-hybridized carbons (Fsp3) is 0.0714. The molecule has 3 rings (SSSR count). The topological polar surface area (TPSA) is 33.1 Å². The highest BCUT2D eigenvalue weighted by Crippen LogP contribution is 2.32. The number of aromatic nitrogens is 1. The van der Waals surface area contributed by atoms with Crippen molar-refractivity contribution in [3.63, 3.8) is 0 Å². The second-order valence-corrected chi connectivity index (χ2v) is 5.62. The van der Waals surface area contributed by atoms with Gasteiger partial charge in [-0.15, -0.1) is 11.3 Å². The first kappa shape index (κ1) is 11.7. The summed E-state index contributed by atoms with van der Waals surface area (Å²) in [6, 6.07) is 14.3. The molecule has 0 radical (unpaired) electrons. The summed E-state index contributed by atoms with van der Waals surface area (Å²) in [6.07, 6.45) is 0. The number of thiazole rings is 1. The molecule has 90 valence electrons. The summed E-state index contributed by atoms with van der Waals surface area (Å²) < 4.78 is 0.460. The van der Waals surface area contributed by atoms with E-state index >= 15 is 0 Å². The van der Waals surface area contributed by atoms with Gasteiger partial charge in [-0.1, -0.05) is 48.0 Å². The summed E-state index contributed by atoms with van der Waals surface area (Å²) in [6.45, 7) is -0.0352. The van der Waals surface area contributed by atoms with Crippen LogP contribution in [0.4, 0.5) is 0 Å². The highest BCUT2D eigenvalue weighted by molar-refractivity contribution is 7.16. The van der Waals surface area contributed by atoms with Gasteiger partial charge in [-0.3, -0.25) is 0 Å². The van der Waals surface area contributed by atoms with Gasteiger partial charge in [0.25, 0.3) is 0 Å². The molecule has 0 bridgehead atoms. The highest BCUT2D eigenvalue weighted by atomic mass is 35.5. The molecule has 0 atom stereocenters. The van der Waals surface area contributed by atoms with E-state index in [0.717, 1.165) is 21.5 Å². The van der Waals surface area contributed by atoms with Crippen molar-refractivity contribution in [2.75, 3.05) is 0 Å². The maximum atomic E-state index is 9.32. The third kappa shape index (κ3) is 2.01. The number of aliphatic hydroxyl groups excluding tert-OH is 1. The van der Waals surface area contributed by atoms with Gasteiger partial charge in [0.15, 0.2) is 4.47 Å². The quantitative estimate of drug-likeness (QED) is 0.763. The van der Waals surface area contributed by atoms with Gasteiger partial charge >= 0.3 is 0 Å². The van der Waals surface area contributed by atoms with Crippen LogP contribution < -0.4 is 0 Å². The zero-order chi connectivity index (χ0) is 12.5. The Morgan fingerprint density at radius 1 is 1.11 bits per heavy atom. The molecule has 0 spiro atoms. The summed E-state index contributed by atoms with van der Waals surface area (Å²) in [5.41, 5.74) is 1.76. The van der Waals surface area contributed by atoms with E-state index in [2.05, 4.69) is 29.2 Å². The molecule has 1 heterocycles. The molecule has 3 aromatic rings. The van der Waals surface area contributed by atoms with Crippen molar-refractivity contribution in [1.82, 2.24) is 4.98 Å². The lowest BCUT2D eigenvalue weighted by Gasteiger charge is -2.02. The Bertz CT molecular complexity index is 708. The van der Waals surface area contributed by atoms with Gasteiger partial charge in [0.05, 0.1) is 17.2 Å². The van der Waals surface area contributed by atoms with Gasteiger partial charge in [0, 0.05) is 5.56 Å². The van der Waals surface area contributed by atoms with Crippen LogP contribution in [0.15, 0.2) is 42.5 Å². The summed E-state index contributed by atoms with van der Waals surface area (Å²) in [4.78, 5) is 5.08. The number of benzene rings is 2. The van der Waals surface area contributed by atoms with Gasteiger partial charge in [0.1, 0.15) is 0 Å². The maximum Gasteiger partial charge on any atom is 0.184 e. The third-order valence-corrected chi connectivity index (χ3v) is 3.98. The van der Waals surface area contributed by atoms with Crippen molar-refractivity contribution in [2.24, 2.45) is 0 Å². The predicted octanol–water partition coefficient (Wildman–Crippen LogP) is 4.11. The van der Waals surface area contributed by atoms with Crippen molar-refractivity contribution >= 4 is 33.7 Å². The summed E-state index contributed by atoms with van der Waals surface area (Å²) in [7, 11) is 0. The predicted molar refractivity (Wildman–Crippen MR) is 76.0 cm³/mol. The molecular weight excluding hydrogens is 266 g/mol. The number of hydrogen-bond acceptors (Lipinski definition) is 3. The molecule has 0 aliphatic carbocycles. The minimum atomic E-state index is -0.0352. The standard InChI is InChI=1S/C14H10ClNOS/c15-14-16-13(12(8-17)18-14)11-6-5-9-3-1-2-4-10(9)7-11/h1-7,17H,8H2. The van der Waals surface area contributed by atoms with Crippen LogP contribution >= 0.6 is 22.9 Å². The Hall–Kier alpha value is -1.42. The molecule has 2 nitrogen and oxygen atoms in total. The van der Waals surface area contributed by atoms with Crippen LogP contribution in [-0.4, -0.2) is 10.1 Å². The SMILES string of the molecule is OCc1sc(Cl)nc1-c1ccc2ccccc2c1. The number of nitrogens with zero attached hydrogens (tertiary/aromatic N) is 1. The minimum absolute atomic E-state index is 0.0352. The molecule has 0 amide bonds. The Balaban J connectivity index is 2.18. The molecule has 0 aliphatic rings. The van der Waals surface area contributed by atoms with E-state index in [1.807, 2.05) is 18.2 Å². The van der Waals surface area contributed by atoms with Gasteiger partial charge in [-0.25, -0.2) is 4.98 Å². The second kappa shape index (κ2) is 4.69. The third-order valence-electron chi connectivity index (χ3n) is 2.84. The van der Waals surface area contributed by atoms with Crippen LogP contribution in [0, 0.1) is 0 Å². The average Bonchev–Trinajstić information content (AvgIpc) is 2.79. The van der Waals surface area contributed by atoms with Crippen molar-refractivity contribution in [3.05, 3.63) is 51.8 Å². The van der Waals surface area contributed by atoms with Gasteiger partial charge in [-0.2, -0.15) is 0 Å². The second-order valence-electron chi connectivity index (χ2n) is 3.96. The van der Waals surface area contributed by atoms with Crippen molar-refractivity contribution in [2.45, 2.75) is 6.61 Å². The average molecular weight is 276 g/mol. The molecule has 0 saturated carbocycles. The summed E-state index contributed by atoms with van der Waals surface area (Å²) >= 11 is 7.23. The highest BCUT2D eigenvalue weighted by Gasteiger charge is 2.11. The van der Waals surface area contributed by atoms with E-state index in [4.69, 9.17) is 11.6 Å². The zero-order valence-electron chi connectivity index (χ0n) is 9.43. The van der Waals surface area contributed by atoms with Crippen LogP contribution in [0.5, 0.6) is 0 Å². The molecule has 0 unspecified atom stereocenters. The van der Waals surface area contributed by atoms with E-state index in [1.54, 1.807) is 0 Å². The van der Waals surface area contributed by atoms with Crippen molar-refractivity contribution < 1.29 is 5.11 Å².